The second-order valence-corrected chi connectivity index (χ2v) is 9.11. The van der Waals surface area contributed by atoms with E-state index >= 15 is 0 Å². The van der Waals surface area contributed by atoms with Crippen LogP contribution in [-0.2, 0) is 9.53 Å². The van der Waals surface area contributed by atoms with Crippen LogP contribution in [0.15, 0.2) is 65.9 Å². The average Bonchev–Trinajstić information content (AvgIpc) is 2.92. The SMILES string of the molecule is CCNC(=O)N1CCN(CC2=C(C(=O)OCC)[C@@H](c3cccc(Oc4ccccc4)c3)NC(=O)N2C)CC1. The zero-order valence-electron chi connectivity index (χ0n) is 22.1. The third-order valence-corrected chi connectivity index (χ3v) is 6.60. The van der Waals surface area contributed by atoms with Gasteiger partial charge in [-0.3, -0.25) is 9.80 Å². The number of nitrogens with zero attached hydrogens (tertiary/aromatic N) is 3. The van der Waals surface area contributed by atoms with E-state index in [-0.39, 0.29) is 18.7 Å². The minimum absolute atomic E-state index is 0.0783. The topological polar surface area (TPSA) is 103 Å². The molecule has 0 spiro atoms. The van der Waals surface area contributed by atoms with Crippen molar-refractivity contribution in [1.82, 2.24) is 25.3 Å². The first-order valence-electron chi connectivity index (χ1n) is 12.9. The number of esters is 1. The van der Waals surface area contributed by atoms with Crippen LogP contribution in [0, 0.1) is 0 Å². The maximum Gasteiger partial charge on any atom is 0.338 e. The molecule has 10 heteroatoms. The van der Waals surface area contributed by atoms with E-state index in [0.717, 1.165) is 0 Å². The Morgan fingerprint density at radius 2 is 1.71 bits per heavy atom. The van der Waals surface area contributed by atoms with Gasteiger partial charge in [0.1, 0.15) is 11.5 Å². The van der Waals surface area contributed by atoms with E-state index in [2.05, 4.69) is 15.5 Å². The van der Waals surface area contributed by atoms with Crippen LogP contribution in [0.25, 0.3) is 0 Å². The van der Waals surface area contributed by atoms with Gasteiger partial charge in [-0.1, -0.05) is 30.3 Å². The van der Waals surface area contributed by atoms with Gasteiger partial charge in [-0.05, 0) is 43.7 Å². The number of likely N-dealkylation sites (N-methyl/N-ethyl adjacent to an activating group) is 1. The first-order valence-corrected chi connectivity index (χ1v) is 12.9. The van der Waals surface area contributed by atoms with Crippen LogP contribution in [0.1, 0.15) is 25.5 Å². The number of hydrogen-bond donors (Lipinski definition) is 2. The van der Waals surface area contributed by atoms with Gasteiger partial charge in [0.15, 0.2) is 0 Å². The standard InChI is InChI=1S/C28H35N5O5/c1-4-29-27(35)33-16-14-32(15-17-33)19-23-24(26(34)37-5-2)25(30-28(36)31(23)3)20-10-9-13-22(18-20)38-21-11-7-6-8-12-21/h6-13,18,25H,4-5,14-17,19H2,1-3H3,(H,29,35)(H,30,36)/t25-/m1/s1. The summed E-state index contributed by atoms with van der Waals surface area (Å²) in [6.07, 6.45) is 0. The Bertz CT molecular complexity index is 1180. The van der Waals surface area contributed by atoms with Gasteiger partial charge in [-0.2, -0.15) is 0 Å². The molecular formula is C28H35N5O5. The minimum Gasteiger partial charge on any atom is -0.463 e. The molecule has 4 rings (SSSR count). The molecule has 2 aromatic rings. The van der Waals surface area contributed by atoms with Gasteiger partial charge >= 0.3 is 18.0 Å². The van der Waals surface area contributed by atoms with E-state index in [0.29, 0.717) is 67.6 Å². The van der Waals surface area contributed by atoms with Crippen molar-refractivity contribution in [2.75, 3.05) is 52.9 Å². The van der Waals surface area contributed by atoms with Crippen molar-refractivity contribution >= 4 is 18.0 Å². The van der Waals surface area contributed by atoms with Crippen molar-refractivity contribution in [3.05, 3.63) is 71.4 Å². The summed E-state index contributed by atoms with van der Waals surface area (Å²) in [4.78, 5) is 44.0. The first-order chi connectivity index (χ1) is 18.4. The van der Waals surface area contributed by atoms with Crippen molar-refractivity contribution in [2.24, 2.45) is 0 Å². The van der Waals surface area contributed by atoms with Crippen molar-refractivity contribution in [3.8, 4) is 11.5 Å². The Balaban J connectivity index is 1.62. The Hall–Kier alpha value is -4.05. The highest BCUT2D eigenvalue weighted by atomic mass is 16.5. The Morgan fingerprint density at radius 3 is 2.39 bits per heavy atom. The molecule has 0 bridgehead atoms. The number of amides is 4. The summed E-state index contributed by atoms with van der Waals surface area (Å²) in [5.74, 6) is 0.800. The molecule has 1 saturated heterocycles. The summed E-state index contributed by atoms with van der Waals surface area (Å²) >= 11 is 0. The molecule has 4 amide bonds. The first kappa shape index (κ1) is 27.0. The molecule has 2 aliphatic heterocycles. The molecule has 0 aromatic heterocycles. The van der Waals surface area contributed by atoms with Crippen molar-refractivity contribution in [3.63, 3.8) is 0 Å². The highest BCUT2D eigenvalue weighted by molar-refractivity contribution is 5.95. The molecule has 2 heterocycles. The highest BCUT2D eigenvalue weighted by Crippen LogP contribution is 2.34. The second kappa shape index (κ2) is 12.5. The number of rotatable bonds is 8. The highest BCUT2D eigenvalue weighted by Gasteiger charge is 2.38. The average molecular weight is 522 g/mol. The summed E-state index contributed by atoms with van der Waals surface area (Å²) in [6.45, 7) is 7.18. The van der Waals surface area contributed by atoms with E-state index in [1.54, 1.807) is 18.9 Å². The number of urea groups is 2. The van der Waals surface area contributed by atoms with E-state index < -0.39 is 12.0 Å². The smallest absolute Gasteiger partial charge is 0.338 e. The van der Waals surface area contributed by atoms with Gasteiger partial charge in [0.2, 0.25) is 0 Å². The molecule has 202 valence electrons. The van der Waals surface area contributed by atoms with Crippen molar-refractivity contribution < 1.29 is 23.9 Å². The summed E-state index contributed by atoms with van der Waals surface area (Å²) < 4.78 is 11.4. The molecular weight excluding hydrogens is 486 g/mol. The van der Waals surface area contributed by atoms with Crippen LogP contribution < -0.4 is 15.4 Å². The molecule has 1 fully saturated rings. The summed E-state index contributed by atoms with van der Waals surface area (Å²) in [6, 6.07) is 15.7. The Morgan fingerprint density at radius 1 is 1.00 bits per heavy atom. The van der Waals surface area contributed by atoms with Crippen molar-refractivity contribution in [2.45, 2.75) is 19.9 Å². The largest absolute Gasteiger partial charge is 0.463 e. The maximum atomic E-state index is 13.3. The summed E-state index contributed by atoms with van der Waals surface area (Å²) in [5, 5.41) is 5.79. The van der Waals surface area contributed by atoms with E-state index in [9.17, 15) is 14.4 Å². The van der Waals surface area contributed by atoms with Gasteiger partial charge in [-0.25, -0.2) is 14.4 Å². The van der Waals surface area contributed by atoms with E-state index in [4.69, 9.17) is 9.47 Å². The van der Waals surface area contributed by atoms with Crippen LogP contribution >= 0.6 is 0 Å². The molecule has 0 saturated carbocycles. The van der Waals surface area contributed by atoms with Crippen molar-refractivity contribution in [1.29, 1.82) is 0 Å². The number of carbonyl (C=O) groups is 3. The Kier molecular flexibility index (Phi) is 8.85. The number of piperazine rings is 1. The molecule has 0 unspecified atom stereocenters. The number of nitrogens with one attached hydrogen (secondary N) is 2. The number of benzene rings is 2. The zero-order valence-corrected chi connectivity index (χ0v) is 22.1. The third-order valence-electron chi connectivity index (χ3n) is 6.60. The zero-order chi connectivity index (χ0) is 27.1. The quantitative estimate of drug-likeness (QED) is 0.517. The van der Waals surface area contributed by atoms with Crippen LogP contribution in [0.4, 0.5) is 9.59 Å². The van der Waals surface area contributed by atoms with Gasteiger partial charge in [0, 0.05) is 52.0 Å². The van der Waals surface area contributed by atoms with Gasteiger partial charge in [-0.15, -0.1) is 0 Å². The van der Waals surface area contributed by atoms with Crippen LogP contribution in [0.2, 0.25) is 0 Å². The fourth-order valence-corrected chi connectivity index (χ4v) is 4.61. The summed E-state index contributed by atoms with van der Waals surface area (Å²) in [7, 11) is 1.65. The second-order valence-electron chi connectivity index (χ2n) is 9.11. The molecule has 2 N–H and O–H groups in total. The maximum absolute atomic E-state index is 13.3. The monoisotopic (exact) mass is 521 g/mol. The lowest BCUT2D eigenvalue weighted by atomic mass is 9.94. The van der Waals surface area contributed by atoms with E-state index in [1.807, 2.05) is 61.5 Å². The van der Waals surface area contributed by atoms with Crippen LogP contribution in [-0.4, -0.2) is 85.7 Å². The molecule has 2 aromatic carbocycles. The van der Waals surface area contributed by atoms with Gasteiger partial charge in [0.25, 0.3) is 0 Å². The van der Waals surface area contributed by atoms with Crippen LogP contribution in [0.3, 0.4) is 0 Å². The number of hydrogen-bond acceptors (Lipinski definition) is 6. The number of carbonyl (C=O) groups excluding carboxylic acids is 3. The predicted molar refractivity (Wildman–Crippen MR) is 143 cm³/mol. The molecule has 0 aliphatic carbocycles. The fourth-order valence-electron chi connectivity index (χ4n) is 4.61. The lowest BCUT2D eigenvalue weighted by molar-refractivity contribution is -0.139. The molecule has 2 aliphatic rings. The minimum atomic E-state index is -0.705. The van der Waals surface area contributed by atoms with Gasteiger partial charge < -0.3 is 25.0 Å². The molecule has 38 heavy (non-hydrogen) atoms. The lowest BCUT2D eigenvalue weighted by Crippen LogP contribution is -2.54. The third kappa shape index (κ3) is 6.25. The number of para-hydroxylation sites is 1. The van der Waals surface area contributed by atoms with E-state index in [1.165, 1.54) is 4.90 Å². The fraction of sp³-hybridized carbons (Fsp3) is 0.393. The number of ether oxygens (including phenoxy) is 2. The molecule has 1 atom stereocenters. The lowest BCUT2D eigenvalue weighted by Gasteiger charge is -2.39. The normalized spacial score (nSPS) is 18.2. The van der Waals surface area contributed by atoms with Gasteiger partial charge in [0.05, 0.1) is 18.2 Å². The summed E-state index contributed by atoms with van der Waals surface area (Å²) in [5.41, 5.74) is 1.68. The molecule has 10 nitrogen and oxygen atoms in total. The Labute approximate surface area is 223 Å². The molecule has 0 radical (unpaired) electrons. The predicted octanol–water partition coefficient (Wildman–Crippen LogP) is 3.34. The van der Waals surface area contributed by atoms with Crippen LogP contribution in [0.5, 0.6) is 11.5 Å².